The Kier molecular flexibility index (Phi) is 7.26. The highest BCUT2D eigenvalue weighted by atomic mass is 79.9. The SMILES string of the molecule is Cc1ccc(OCCCC(=O)Nc2nc(-c3ccc(Br)cc3)c(C)s2)c(Br)c1. The fraction of sp³-hybridized carbons (Fsp3) is 0.238. The number of carbonyl (C=O) groups excluding carboxylic acids is 1. The molecule has 0 aliphatic heterocycles. The molecular formula is C21H20Br2N2O2S. The van der Waals surface area contributed by atoms with Gasteiger partial charge in [-0.25, -0.2) is 4.98 Å². The number of rotatable bonds is 7. The normalized spacial score (nSPS) is 10.7. The van der Waals surface area contributed by atoms with E-state index >= 15 is 0 Å². The predicted octanol–water partition coefficient (Wildman–Crippen LogP) is 6.75. The molecule has 28 heavy (non-hydrogen) atoms. The van der Waals surface area contributed by atoms with Gasteiger partial charge in [0.1, 0.15) is 5.75 Å². The quantitative estimate of drug-likeness (QED) is 0.348. The first-order valence-corrected chi connectivity index (χ1v) is 11.2. The Morgan fingerprint density at radius 1 is 1.14 bits per heavy atom. The van der Waals surface area contributed by atoms with Crippen LogP contribution in [0.4, 0.5) is 5.13 Å². The Hall–Kier alpha value is -1.70. The molecule has 1 aromatic heterocycles. The third kappa shape index (κ3) is 5.65. The van der Waals surface area contributed by atoms with E-state index in [2.05, 4.69) is 42.2 Å². The fourth-order valence-corrected chi connectivity index (χ4v) is 4.37. The topological polar surface area (TPSA) is 51.2 Å². The number of ether oxygens (including phenoxy) is 1. The molecule has 0 fully saturated rings. The highest BCUT2D eigenvalue weighted by Crippen LogP contribution is 2.31. The summed E-state index contributed by atoms with van der Waals surface area (Å²) >= 11 is 8.42. The van der Waals surface area contributed by atoms with Crippen molar-refractivity contribution in [2.24, 2.45) is 0 Å². The van der Waals surface area contributed by atoms with Crippen LogP contribution in [0.15, 0.2) is 51.4 Å². The van der Waals surface area contributed by atoms with Crippen molar-refractivity contribution in [3.05, 3.63) is 61.9 Å². The average Bonchev–Trinajstić information content (AvgIpc) is 3.01. The highest BCUT2D eigenvalue weighted by molar-refractivity contribution is 9.10. The molecule has 146 valence electrons. The summed E-state index contributed by atoms with van der Waals surface area (Å²) in [7, 11) is 0. The number of amides is 1. The van der Waals surface area contributed by atoms with Gasteiger partial charge in [-0.1, -0.05) is 34.1 Å². The fourth-order valence-electron chi connectivity index (χ4n) is 2.65. The van der Waals surface area contributed by atoms with Crippen molar-refractivity contribution in [3.8, 4) is 17.0 Å². The summed E-state index contributed by atoms with van der Waals surface area (Å²) in [5.74, 6) is 0.739. The van der Waals surface area contributed by atoms with Gasteiger partial charge in [0.25, 0.3) is 0 Å². The Morgan fingerprint density at radius 2 is 1.89 bits per heavy atom. The van der Waals surface area contributed by atoms with Crippen molar-refractivity contribution < 1.29 is 9.53 Å². The van der Waals surface area contributed by atoms with Crippen LogP contribution in [0.3, 0.4) is 0 Å². The van der Waals surface area contributed by atoms with Gasteiger partial charge < -0.3 is 10.1 Å². The van der Waals surface area contributed by atoms with Gasteiger partial charge in [-0.2, -0.15) is 0 Å². The molecule has 7 heteroatoms. The first-order valence-electron chi connectivity index (χ1n) is 8.84. The zero-order chi connectivity index (χ0) is 20.1. The van der Waals surface area contributed by atoms with Gasteiger partial charge in [-0.3, -0.25) is 4.79 Å². The van der Waals surface area contributed by atoms with Crippen LogP contribution in [0.5, 0.6) is 5.75 Å². The summed E-state index contributed by atoms with van der Waals surface area (Å²) < 4.78 is 7.69. The van der Waals surface area contributed by atoms with Gasteiger partial charge in [-0.05, 0) is 66.0 Å². The van der Waals surface area contributed by atoms with Gasteiger partial charge in [0.05, 0.1) is 16.8 Å². The van der Waals surface area contributed by atoms with E-state index in [0.717, 1.165) is 30.8 Å². The molecule has 0 bridgehead atoms. The van der Waals surface area contributed by atoms with E-state index in [-0.39, 0.29) is 5.91 Å². The van der Waals surface area contributed by atoms with Crippen LogP contribution < -0.4 is 10.1 Å². The third-order valence-electron chi connectivity index (χ3n) is 4.05. The Labute approximate surface area is 185 Å². The van der Waals surface area contributed by atoms with Gasteiger partial charge in [0, 0.05) is 21.3 Å². The molecule has 0 aliphatic carbocycles. The van der Waals surface area contributed by atoms with Crippen molar-refractivity contribution >= 4 is 54.2 Å². The lowest BCUT2D eigenvalue weighted by molar-refractivity contribution is -0.116. The van der Waals surface area contributed by atoms with Crippen molar-refractivity contribution in [1.29, 1.82) is 0 Å². The van der Waals surface area contributed by atoms with Crippen LogP contribution in [-0.4, -0.2) is 17.5 Å². The molecular weight excluding hydrogens is 504 g/mol. The summed E-state index contributed by atoms with van der Waals surface area (Å²) in [5, 5.41) is 3.52. The maximum atomic E-state index is 12.2. The van der Waals surface area contributed by atoms with E-state index in [9.17, 15) is 4.79 Å². The zero-order valence-electron chi connectivity index (χ0n) is 15.6. The second kappa shape index (κ2) is 9.67. The molecule has 1 amide bonds. The van der Waals surface area contributed by atoms with E-state index in [0.29, 0.717) is 24.6 Å². The highest BCUT2D eigenvalue weighted by Gasteiger charge is 2.12. The van der Waals surface area contributed by atoms with Gasteiger partial charge >= 0.3 is 0 Å². The maximum Gasteiger partial charge on any atom is 0.226 e. The number of carbonyl (C=O) groups is 1. The van der Waals surface area contributed by atoms with Gasteiger partial charge in [0.2, 0.25) is 5.91 Å². The molecule has 0 spiro atoms. The van der Waals surface area contributed by atoms with Crippen molar-refractivity contribution in [2.75, 3.05) is 11.9 Å². The largest absolute Gasteiger partial charge is 0.492 e. The Balaban J connectivity index is 1.50. The molecule has 0 unspecified atom stereocenters. The summed E-state index contributed by atoms with van der Waals surface area (Å²) in [6.45, 7) is 4.52. The lowest BCUT2D eigenvalue weighted by atomic mass is 10.1. The molecule has 1 N–H and O–H groups in total. The Bertz CT molecular complexity index is 971. The number of aryl methyl sites for hydroxylation is 2. The molecule has 4 nitrogen and oxygen atoms in total. The minimum atomic E-state index is -0.0531. The smallest absolute Gasteiger partial charge is 0.226 e. The van der Waals surface area contributed by atoms with Crippen LogP contribution in [0, 0.1) is 13.8 Å². The zero-order valence-corrected chi connectivity index (χ0v) is 19.6. The first kappa shape index (κ1) is 21.0. The number of nitrogens with one attached hydrogen (secondary N) is 1. The summed E-state index contributed by atoms with van der Waals surface area (Å²) in [5.41, 5.74) is 3.11. The van der Waals surface area contributed by atoms with Crippen LogP contribution in [-0.2, 0) is 4.79 Å². The van der Waals surface area contributed by atoms with Crippen molar-refractivity contribution in [1.82, 2.24) is 4.98 Å². The molecule has 0 atom stereocenters. The number of nitrogens with zero attached hydrogens (tertiary/aromatic N) is 1. The summed E-state index contributed by atoms with van der Waals surface area (Å²) in [4.78, 5) is 17.9. The minimum absolute atomic E-state index is 0.0531. The van der Waals surface area contributed by atoms with E-state index < -0.39 is 0 Å². The monoisotopic (exact) mass is 522 g/mol. The predicted molar refractivity (Wildman–Crippen MR) is 122 cm³/mol. The van der Waals surface area contributed by atoms with E-state index in [1.54, 1.807) is 0 Å². The molecule has 0 saturated heterocycles. The summed E-state index contributed by atoms with van der Waals surface area (Å²) in [6.07, 6.45) is 1.02. The second-order valence-corrected chi connectivity index (χ2v) is 9.34. The van der Waals surface area contributed by atoms with Crippen LogP contribution in [0.25, 0.3) is 11.3 Å². The lowest BCUT2D eigenvalue weighted by Gasteiger charge is -2.08. The van der Waals surface area contributed by atoms with Gasteiger partial charge in [-0.15, -0.1) is 11.3 Å². The van der Waals surface area contributed by atoms with Crippen molar-refractivity contribution in [3.63, 3.8) is 0 Å². The van der Waals surface area contributed by atoms with Gasteiger partial charge in [0.15, 0.2) is 5.13 Å². The molecule has 0 aliphatic rings. The molecule has 1 heterocycles. The average molecular weight is 524 g/mol. The maximum absolute atomic E-state index is 12.2. The second-order valence-electron chi connectivity index (χ2n) is 6.36. The molecule has 3 aromatic rings. The van der Waals surface area contributed by atoms with E-state index in [4.69, 9.17) is 4.74 Å². The molecule has 2 aromatic carbocycles. The molecule has 0 saturated carbocycles. The lowest BCUT2D eigenvalue weighted by Crippen LogP contribution is -2.12. The van der Waals surface area contributed by atoms with Crippen LogP contribution in [0.2, 0.25) is 0 Å². The molecule has 0 radical (unpaired) electrons. The number of hydrogen-bond donors (Lipinski definition) is 1. The third-order valence-corrected chi connectivity index (χ3v) is 6.09. The Morgan fingerprint density at radius 3 is 2.61 bits per heavy atom. The number of anilines is 1. The number of benzene rings is 2. The summed E-state index contributed by atoms with van der Waals surface area (Å²) in [6, 6.07) is 13.9. The first-order chi connectivity index (χ1) is 13.4. The van der Waals surface area contributed by atoms with Crippen molar-refractivity contribution in [2.45, 2.75) is 26.7 Å². The number of thiazole rings is 1. The van der Waals surface area contributed by atoms with Crippen LogP contribution in [0.1, 0.15) is 23.3 Å². The minimum Gasteiger partial charge on any atom is -0.492 e. The number of halogens is 2. The molecule has 3 rings (SSSR count). The number of hydrogen-bond acceptors (Lipinski definition) is 4. The van der Waals surface area contributed by atoms with E-state index in [1.165, 1.54) is 16.9 Å². The van der Waals surface area contributed by atoms with E-state index in [1.807, 2.05) is 56.3 Å². The van der Waals surface area contributed by atoms with Crippen LogP contribution >= 0.6 is 43.2 Å². The number of aromatic nitrogens is 1. The standard InChI is InChI=1S/C21H20Br2N2O2S/c1-13-5-10-18(17(23)12-13)27-11-3-4-19(26)24-21-25-20(14(2)28-21)15-6-8-16(22)9-7-15/h5-10,12H,3-4,11H2,1-2H3,(H,24,25,26).